The summed E-state index contributed by atoms with van der Waals surface area (Å²) >= 11 is 0. The zero-order chi connectivity index (χ0) is 19.7. The standard InChI is InChI=1S/C17H19N7O4/c1-9(10-3-2-4-18-5-10)22-23-15-12-16(20-7-19-15)24(8-21-12)17-14(27)13(26)11(6-25)28-17/h2-5,7-8,11,13-14,17,25-27H,6H2,1H3,(H,19,20,23)/b22-9+/t11-,13-,14-,17-/m1/s1. The minimum absolute atomic E-state index is 0.374. The maximum Gasteiger partial charge on any atom is 0.177 e. The normalized spacial score (nSPS) is 25.4. The summed E-state index contributed by atoms with van der Waals surface area (Å²) in [6.07, 6.45) is 1.89. The van der Waals surface area contributed by atoms with E-state index in [1.54, 1.807) is 12.4 Å². The molecular formula is C17H19N7O4. The van der Waals surface area contributed by atoms with Crippen LogP contribution < -0.4 is 5.43 Å². The van der Waals surface area contributed by atoms with Gasteiger partial charge in [-0.3, -0.25) is 15.0 Å². The lowest BCUT2D eigenvalue weighted by molar-refractivity contribution is -0.0511. The molecule has 1 saturated heterocycles. The van der Waals surface area contributed by atoms with Crippen LogP contribution >= 0.6 is 0 Å². The average Bonchev–Trinajstić information content (AvgIpc) is 3.28. The first-order valence-corrected chi connectivity index (χ1v) is 8.61. The van der Waals surface area contributed by atoms with E-state index in [9.17, 15) is 15.3 Å². The highest BCUT2D eigenvalue weighted by atomic mass is 16.6. The Labute approximate surface area is 159 Å². The van der Waals surface area contributed by atoms with Crippen molar-refractivity contribution in [2.24, 2.45) is 5.10 Å². The van der Waals surface area contributed by atoms with Crippen molar-refractivity contribution in [2.45, 2.75) is 31.5 Å². The Morgan fingerprint density at radius 3 is 2.86 bits per heavy atom. The van der Waals surface area contributed by atoms with Gasteiger partial charge in [0.15, 0.2) is 23.2 Å². The molecule has 1 fully saturated rings. The van der Waals surface area contributed by atoms with E-state index in [4.69, 9.17) is 4.74 Å². The van der Waals surface area contributed by atoms with E-state index in [0.29, 0.717) is 22.7 Å². The van der Waals surface area contributed by atoms with Gasteiger partial charge in [-0.15, -0.1) is 0 Å². The lowest BCUT2D eigenvalue weighted by atomic mass is 10.1. The van der Waals surface area contributed by atoms with E-state index >= 15 is 0 Å². The smallest absolute Gasteiger partial charge is 0.177 e. The second-order valence-electron chi connectivity index (χ2n) is 6.33. The van der Waals surface area contributed by atoms with Crippen molar-refractivity contribution in [3.05, 3.63) is 42.7 Å². The first-order valence-electron chi connectivity index (χ1n) is 8.61. The number of aliphatic hydroxyl groups excluding tert-OH is 3. The number of nitrogens with one attached hydrogen (secondary N) is 1. The molecule has 0 radical (unpaired) electrons. The maximum atomic E-state index is 10.2. The molecule has 4 atom stereocenters. The van der Waals surface area contributed by atoms with Gasteiger partial charge in [0.2, 0.25) is 0 Å². The fourth-order valence-electron chi connectivity index (χ4n) is 3.01. The number of rotatable bonds is 5. The Balaban J connectivity index is 1.63. The first kappa shape index (κ1) is 18.4. The van der Waals surface area contributed by atoms with Crippen LogP contribution in [0.4, 0.5) is 5.82 Å². The highest BCUT2D eigenvalue weighted by molar-refractivity contribution is 5.99. The number of imidazole rings is 1. The Hall–Kier alpha value is -2.99. The van der Waals surface area contributed by atoms with Gasteiger partial charge in [0.25, 0.3) is 0 Å². The number of hydrazone groups is 1. The molecule has 4 rings (SSSR count). The molecule has 1 aliphatic heterocycles. The van der Waals surface area contributed by atoms with Gasteiger partial charge in [0, 0.05) is 18.0 Å². The fraction of sp³-hybridized carbons (Fsp3) is 0.353. The zero-order valence-corrected chi connectivity index (χ0v) is 14.9. The van der Waals surface area contributed by atoms with Crippen molar-refractivity contribution in [3.8, 4) is 0 Å². The highest BCUT2D eigenvalue weighted by Gasteiger charge is 2.44. The highest BCUT2D eigenvalue weighted by Crippen LogP contribution is 2.32. The number of anilines is 1. The van der Waals surface area contributed by atoms with Crippen molar-refractivity contribution in [1.29, 1.82) is 0 Å². The second-order valence-corrected chi connectivity index (χ2v) is 6.33. The van der Waals surface area contributed by atoms with Crippen LogP contribution in [0.25, 0.3) is 11.2 Å². The van der Waals surface area contributed by atoms with Gasteiger partial charge < -0.3 is 20.1 Å². The van der Waals surface area contributed by atoms with Crippen LogP contribution in [0.1, 0.15) is 18.7 Å². The maximum absolute atomic E-state index is 10.2. The van der Waals surface area contributed by atoms with Gasteiger partial charge >= 0.3 is 0 Å². The first-order chi connectivity index (χ1) is 13.6. The number of hydrogen-bond donors (Lipinski definition) is 4. The SMILES string of the molecule is C/C(=N\Nc1ncnc2c1ncn2[C@@H]1O[C@H](CO)[C@@H](O)[C@H]1O)c1cccnc1. The topological polar surface area (TPSA) is 151 Å². The van der Waals surface area contributed by atoms with Crippen LogP contribution in [-0.2, 0) is 4.74 Å². The largest absolute Gasteiger partial charge is 0.394 e. The Bertz CT molecular complexity index is 994. The molecule has 28 heavy (non-hydrogen) atoms. The molecule has 4 heterocycles. The monoisotopic (exact) mass is 385 g/mol. The average molecular weight is 385 g/mol. The molecule has 11 nitrogen and oxygen atoms in total. The molecule has 0 aromatic carbocycles. The molecule has 0 aliphatic carbocycles. The van der Waals surface area contributed by atoms with Crippen LogP contribution in [0, 0.1) is 0 Å². The Kier molecular flexibility index (Phi) is 4.96. The minimum atomic E-state index is -1.23. The predicted octanol–water partition coefficient (Wildman–Crippen LogP) is -0.331. The quantitative estimate of drug-likeness (QED) is 0.342. The lowest BCUT2D eigenvalue weighted by Gasteiger charge is -2.16. The molecule has 3 aromatic heterocycles. The number of pyridine rings is 1. The van der Waals surface area contributed by atoms with Crippen LogP contribution in [0.5, 0.6) is 0 Å². The number of ether oxygens (including phenoxy) is 1. The summed E-state index contributed by atoms with van der Waals surface area (Å²) in [6.45, 7) is 1.42. The molecule has 4 N–H and O–H groups in total. The third-order valence-electron chi connectivity index (χ3n) is 4.56. The van der Waals surface area contributed by atoms with Gasteiger partial charge in [0.05, 0.1) is 18.6 Å². The summed E-state index contributed by atoms with van der Waals surface area (Å²) in [6, 6.07) is 3.71. The summed E-state index contributed by atoms with van der Waals surface area (Å²) in [5, 5.41) is 33.8. The summed E-state index contributed by atoms with van der Waals surface area (Å²) in [4.78, 5) is 16.7. The molecule has 0 amide bonds. The summed E-state index contributed by atoms with van der Waals surface area (Å²) in [5.41, 5.74) is 5.25. The van der Waals surface area contributed by atoms with E-state index in [1.807, 2.05) is 19.1 Å². The molecule has 0 spiro atoms. The van der Waals surface area contributed by atoms with Crippen molar-refractivity contribution in [1.82, 2.24) is 24.5 Å². The molecule has 0 bridgehead atoms. The van der Waals surface area contributed by atoms with Crippen LogP contribution in [0.2, 0.25) is 0 Å². The summed E-state index contributed by atoms with van der Waals surface area (Å²) in [5.74, 6) is 0.374. The minimum Gasteiger partial charge on any atom is -0.394 e. The predicted molar refractivity (Wildman–Crippen MR) is 98.4 cm³/mol. The fourth-order valence-corrected chi connectivity index (χ4v) is 3.01. The van der Waals surface area contributed by atoms with Gasteiger partial charge in [0.1, 0.15) is 24.6 Å². The van der Waals surface area contributed by atoms with Gasteiger partial charge in [-0.2, -0.15) is 5.10 Å². The molecule has 3 aromatic rings. The van der Waals surface area contributed by atoms with Gasteiger partial charge in [-0.1, -0.05) is 6.07 Å². The van der Waals surface area contributed by atoms with E-state index in [-0.39, 0.29) is 0 Å². The van der Waals surface area contributed by atoms with Crippen LogP contribution in [-0.4, -0.2) is 70.5 Å². The summed E-state index contributed by atoms with van der Waals surface area (Å²) < 4.78 is 7.03. The van der Waals surface area contributed by atoms with Gasteiger partial charge in [-0.25, -0.2) is 15.0 Å². The van der Waals surface area contributed by atoms with Crippen LogP contribution in [0.3, 0.4) is 0 Å². The van der Waals surface area contributed by atoms with Crippen molar-refractivity contribution < 1.29 is 20.1 Å². The van der Waals surface area contributed by atoms with Gasteiger partial charge in [-0.05, 0) is 13.0 Å². The molecular weight excluding hydrogens is 366 g/mol. The summed E-state index contributed by atoms with van der Waals surface area (Å²) in [7, 11) is 0. The van der Waals surface area contributed by atoms with E-state index in [0.717, 1.165) is 5.56 Å². The molecule has 146 valence electrons. The van der Waals surface area contributed by atoms with E-state index < -0.39 is 31.1 Å². The Morgan fingerprint density at radius 1 is 1.29 bits per heavy atom. The molecule has 1 aliphatic rings. The third-order valence-corrected chi connectivity index (χ3v) is 4.56. The van der Waals surface area contributed by atoms with Crippen molar-refractivity contribution in [2.75, 3.05) is 12.0 Å². The number of fused-ring (bicyclic) bond motifs is 1. The van der Waals surface area contributed by atoms with Crippen molar-refractivity contribution in [3.63, 3.8) is 0 Å². The van der Waals surface area contributed by atoms with E-state index in [1.165, 1.54) is 17.2 Å². The Morgan fingerprint density at radius 2 is 2.14 bits per heavy atom. The number of nitrogens with zero attached hydrogens (tertiary/aromatic N) is 6. The lowest BCUT2D eigenvalue weighted by Crippen LogP contribution is -2.33. The molecule has 0 saturated carbocycles. The third kappa shape index (κ3) is 3.20. The molecule has 11 heteroatoms. The van der Waals surface area contributed by atoms with Crippen molar-refractivity contribution >= 4 is 22.7 Å². The number of aliphatic hydroxyl groups is 3. The zero-order valence-electron chi connectivity index (χ0n) is 14.9. The molecule has 0 unspecified atom stereocenters. The van der Waals surface area contributed by atoms with Crippen LogP contribution in [0.15, 0.2) is 42.3 Å². The van der Waals surface area contributed by atoms with E-state index in [2.05, 4.69) is 30.5 Å². The number of hydrogen-bond acceptors (Lipinski definition) is 10. The second kappa shape index (κ2) is 7.56. The number of aromatic nitrogens is 5.